The van der Waals surface area contributed by atoms with Gasteiger partial charge in [0.25, 0.3) is 5.91 Å². The first-order valence-corrected chi connectivity index (χ1v) is 10.2. The summed E-state index contributed by atoms with van der Waals surface area (Å²) < 4.78 is 24.8. The van der Waals surface area contributed by atoms with E-state index in [2.05, 4.69) is 5.32 Å². The highest BCUT2D eigenvalue weighted by Gasteiger charge is 2.33. The van der Waals surface area contributed by atoms with Gasteiger partial charge in [-0.3, -0.25) is 9.69 Å². The fourth-order valence-electron chi connectivity index (χ4n) is 3.27. The van der Waals surface area contributed by atoms with Gasteiger partial charge >= 0.3 is 6.09 Å². The number of hydrogen-bond acceptors (Lipinski definition) is 6. The summed E-state index contributed by atoms with van der Waals surface area (Å²) in [5.41, 5.74) is 1.40. The van der Waals surface area contributed by atoms with Gasteiger partial charge in [-0.15, -0.1) is 0 Å². The van der Waals surface area contributed by atoms with E-state index in [0.717, 1.165) is 24.6 Å². The van der Waals surface area contributed by atoms with Crippen LogP contribution in [0, 0.1) is 5.82 Å². The Bertz CT molecular complexity index is 855. The molecule has 3 heterocycles. The first-order chi connectivity index (χ1) is 13.6. The van der Waals surface area contributed by atoms with Crippen LogP contribution in [0.25, 0.3) is 0 Å². The van der Waals surface area contributed by atoms with Gasteiger partial charge in [0.2, 0.25) is 0 Å². The number of cyclic esters (lactones) is 1. The Balaban J connectivity index is 1.38. The molecule has 1 atom stereocenters. The number of rotatable bonds is 5. The van der Waals surface area contributed by atoms with Crippen LogP contribution in [0.4, 0.5) is 20.6 Å². The molecule has 2 saturated heterocycles. The Hall–Kier alpha value is -2.68. The summed E-state index contributed by atoms with van der Waals surface area (Å²) in [7, 11) is 0. The summed E-state index contributed by atoms with van der Waals surface area (Å²) in [6.45, 7) is 2.03. The lowest BCUT2D eigenvalue weighted by Gasteiger charge is -2.29. The van der Waals surface area contributed by atoms with Crippen molar-refractivity contribution in [1.29, 1.82) is 0 Å². The number of benzene rings is 1. The van der Waals surface area contributed by atoms with Crippen molar-refractivity contribution >= 4 is 35.1 Å². The quantitative estimate of drug-likeness (QED) is 0.825. The fourth-order valence-corrected chi connectivity index (χ4v) is 4.17. The number of carbonyl (C=O) groups excluding carboxylic acids is 2. The zero-order valence-corrected chi connectivity index (χ0v) is 15.9. The molecule has 0 radical (unpaired) electrons. The molecule has 2 amide bonds. The first-order valence-electron chi connectivity index (χ1n) is 9.02. The second kappa shape index (κ2) is 8.14. The molecule has 0 aliphatic carbocycles. The topological polar surface area (TPSA) is 75.0 Å². The van der Waals surface area contributed by atoms with Crippen molar-refractivity contribution in [2.24, 2.45) is 0 Å². The Kier molecular flexibility index (Phi) is 5.43. The minimum absolute atomic E-state index is 0.165. The highest BCUT2D eigenvalue weighted by molar-refractivity contribution is 7.99. The molecule has 2 aromatic rings. The van der Waals surface area contributed by atoms with Gasteiger partial charge in [-0.1, -0.05) is 0 Å². The Morgan fingerprint density at radius 1 is 1.29 bits per heavy atom. The smallest absolute Gasteiger partial charge is 0.414 e. The first kappa shape index (κ1) is 18.7. The van der Waals surface area contributed by atoms with Gasteiger partial charge in [0.1, 0.15) is 18.2 Å². The maximum Gasteiger partial charge on any atom is 0.414 e. The van der Waals surface area contributed by atoms with Crippen molar-refractivity contribution in [2.75, 3.05) is 47.5 Å². The van der Waals surface area contributed by atoms with E-state index >= 15 is 0 Å². The van der Waals surface area contributed by atoms with E-state index in [4.69, 9.17) is 9.15 Å². The number of anilines is 2. The summed E-state index contributed by atoms with van der Waals surface area (Å²) >= 11 is 1.86. The highest BCUT2D eigenvalue weighted by atomic mass is 32.2. The number of halogens is 1. The molecule has 0 saturated carbocycles. The van der Waals surface area contributed by atoms with E-state index in [9.17, 15) is 14.0 Å². The van der Waals surface area contributed by atoms with Gasteiger partial charge in [-0.05, 0) is 24.3 Å². The zero-order valence-electron chi connectivity index (χ0n) is 15.1. The predicted molar refractivity (Wildman–Crippen MR) is 105 cm³/mol. The van der Waals surface area contributed by atoms with Crippen LogP contribution in [0.5, 0.6) is 0 Å². The van der Waals surface area contributed by atoms with Crippen molar-refractivity contribution in [3.63, 3.8) is 0 Å². The molecule has 0 spiro atoms. The Labute approximate surface area is 165 Å². The molecule has 148 valence electrons. The van der Waals surface area contributed by atoms with E-state index in [0.29, 0.717) is 16.9 Å². The molecule has 2 aliphatic heterocycles. The predicted octanol–water partition coefficient (Wildman–Crippen LogP) is 2.73. The summed E-state index contributed by atoms with van der Waals surface area (Å²) in [4.78, 5) is 27.5. The van der Waals surface area contributed by atoms with Crippen LogP contribution in [0.15, 0.2) is 41.2 Å². The average Bonchev–Trinajstić information content (AvgIpc) is 3.37. The molecule has 4 rings (SSSR count). The molecule has 1 aromatic carbocycles. The molecular formula is C19H20FN3O4S. The molecule has 2 aliphatic rings. The van der Waals surface area contributed by atoms with Crippen LogP contribution in [-0.2, 0) is 4.74 Å². The van der Waals surface area contributed by atoms with Gasteiger partial charge in [0.05, 0.1) is 36.3 Å². The molecule has 0 bridgehead atoms. The largest absolute Gasteiger partial charge is 0.472 e. The summed E-state index contributed by atoms with van der Waals surface area (Å²) in [5.74, 6) is 1.30. The number of amides is 2. The maximum absolute atomic E-state index is 14.6. The SMILES string of the molecule is O=C(NCC1CN(c2ccc(N3CCSCC3)c(F)c2)C(=O)O1)c1ccoc1. The number of nitrogens with one attached hydrogen (secondary N) is 1. The van der Waals surface area contributed by atoms with Crippen LogP contribution in [0.2, 0.25) is 0 Å². The maximum atomic E-state index is 14.6. The normalized spacial score (nSPS) is 19.6. The third kappa shape index (κ3) is 3.94. The Morgan fingerprint density at radius 2 is 2.11 bits per heavy atom. The van der Waals surface area contributed by atoms with Crippen LogP contribution in [0.3, 0.4) is 0 Å². The Morgan fingerprint density at radius 3 is 2.82 bits per heavy atom. The van der Waals surface area contributed by atoms with Crippen molar-refractivity contribution in [3.8, 4) is 0 Å². The lowest BCUT2D eigenvalue weighted by atomic mass is 10.2. The molecule has 1 aromatic heterocycles. The number of hydrogen-bond donors (Lipinski definition) is 1. The molecule has 2 fully saturated rings. The van der Waals surface area contributed by atoms with Crippen molar-refractivity contribution < 1.29 is 23.1 Å². The summed E-state index contributed by atoms with van der Waals surface area (Å²) in [6, 6.07) is 6.36. The molecule has 9 heteroatoms. The lowest BCUT2D eigenvalue weighted by molar-refractivity contribution is 0.0915. The number of nitrogens with zero attached hydrogens (tertiary/aromatic N) is 2. The van der Waals surface area contributed by atoms with E-state index < -0.39 is 12.2 Å². The van der Waals surface area contributed by atoms with Crippen LogP contribution in [0.1, 0.15) is 10.4 Å². The monoisotopic (exact) mass is 405 g/mol. The van der Waals surface area contributed by atoms with Crippen LogP contribution in [-0.4, -0.2) is 55.8 Å². The van der Waals surface area contributed by atoms with E-state index in [1.807, 2.05) is 16.7 Å². The fraction of sp³-hybridized carbons (Fsp3) is 0.368. The number of ether oxygens (including phenoxy) is 1. The van der Waals surface area contributed by atoms with Gasteiger partial charge < -0.3 is 19.4 Å². The van der Waals surface area contributed by atoms with Crippen molar-refractivity contribution in [2.45, 2.75) is 6.10 Å². The highest BCUT2D eigenvalue weighted by Crippen LogP contribution is 2.29. The third-order valence-corrected chi connectivity index (χ3v) is 5.68. The molecule has 7 nitrogen and oxygen atoms in total. The minimum atomic E-state index is -0.552. The van der Waals surface area contributed by atoms with Crippen LogP contribution >= 0.6 is 11.8 Å². The number of carbonyl (C=O) groups is 2. The van der Waals surface area contributed by atoms with Crippen molar-refractivity contribution in [3.05, 3.63) is 48.2 Å². The average molecular weight is 405 g/mol. The molecule has 28 heavy (non-hydrogen) atoms. The third-order valence-electron chi connectivity index (χ3n) is 4.74. The van der Waals surface area contributed by atoms with Crippen LogP contribution < -0.4 is 15.1 Å². The van der Waals surface area contributed by atoms with E-state index in [-0.39, 0.29) is 24.8 Å². The zero-order chi connectivity index (χ0) is 19.5. The summed E-state index contributed by atoms with van der Waals surface area (Å²) in [5, 5.41) is 2.70. The number of thioether (sulfide) groups is 1. The summed E-state index contributed by atoms with van der Waals surface area (Å²) in [6.07, 6.45) is 1.69. The minimum Gasteiger partial charge on any atom is -0.472 e. The number of furan rings is 1. The van der Waals surface area contributed by atoms with Gasteiger partial charge in [0, 0.05) is 24.6 Å². The van der Waals surface area contributed by atoms with Gasteiger partial charge in [-0.25, -0.2) is 9.18 Å². The van der Waals surface area contributed by atoms with E-state index in [1.54, 1.807) is 18.2 Å². The standard InChI is InChI=1S/C19H20FN3O4S/c20-16-9-14(1-2-17(16)22-4-7-28-8-5-22)23-11-15(27-19(23)25)10-21-18(24)13-3-6-26-12-13/h1-3,6,9,12,15H,4-5,7-8,10-11H2,(H,21,24). The van der Waals surface area contributed by atoms with Gasteiger partial charge in [-0.2, -0.15) is 11.8 Å². The second-order valence-corrected chi connectivity index (χ2v) is 7.80. The molecule has 1 N–H and O–H groups in total. The van der Waals surface area contributed by atoms with E-state index in [1.165, 1.54) is 23.5 Å². The molecular weight excluding hydrogens is 385 g/mol. The second-order valence-electron chi connectivity index (χ2n) is 6.57. The van der Waals surface area contributed by atoms with Gasteiger partial charge in [0.15, 0.2) is 0 Å². The lowest BCUT2D eigenvalue weighted by Crippen LogP contribution is -2.34. The molecule has 1 unspecified atom stereocenters. The van der Waals surface area contributed by atoms with Crippen molar-refractivity contribution in [1.82, 2.24) is 5.32 Å².